The highest BCUT2D eigenvalue weighted by atomic mass is 80.0. The Balaban J connectivity index is 3.87. The highest BCUT2D eigenvalue weighted by molar-refractivity contribution is 9.42. The zero-order valence-corrected chi connectivity index (χ0v) is 27.5. The molecule has 0 saturated heterocycles. The van der Waals surface area contributed by atoms with Gasteiger partial charge >= 0.3 is 0 Å². The summed E-state index contributed by atoms with van der Waals surface area (Å²) in [5.41, 5.74) is 0.199. The van der Waals surface area contributed by atoms with E-state index < -0.39 is 15.1 Å². The molecule has 0 radical (unpaired) electrons. The molecular formula is C11H5Br11. The van der Waals surface area contributed by atoms with E-state index in [1.54, 1.807) is 0 Å². The second-order valence-corrected chi connectivity index (χ2v) is 27.9. The average Bonchev–Trinajstić information content (AvgIpc) is 2.23. The second kappa shape index (κ2) is 8.47. The molecule has 1 rings (SSSR count). The van der Waals surface area contributed by atoms with E-state index in [9.17, 15) is 0 Å². The summed E-state index contributed by atoms with van der Waals surface area (Å²) in [4.78, 5) is 0. The number of rotatable bonds is 2. The maximum absolute atomic E-state index is 3.87. The van der Waals surface area contributed by atoms with Crippen LogP contribution in [0.1, 0.15) is 5.56 Å². The van der Waals surface area contributed by atoms with E-state index in [1.165, 1.54) is 0 Å². The van der Waals surface area contributed by atoms with Crippen molar-refractivity contribution in [1.29, 1.82) is 0 Å². The molecule has 0 atom stereocenters. The Hall–Kier alpha value is 4.50. The summed E-state index contributed by atoms with van der Waals surface area (Å²) in [6.45, 7) is 0. The molecule has 0 aliphatic carbocycles. The molecule has 126 valence electrons. The predicted molar refractivity (Wildman–Crippen MR) is 137 cm³/mol. The molecule has 0 aromatic heterocycles. The first-order chi connectivity index (χ1) is 9.61. The van der Waals surface area contributed by atoms with E-state index in [4.69, 9.17) is 0 Å². The van der Waals surface area contributed by atoms with Crippen molar-refractivity contribution in [2.45, 2.75) is 9.66 Å². The monoisotopic (exact) mass is 1010 g/mol. The van der Waals surface area contributed by atoms with Gasteiger partial charge in [0.2, 0.25) is 0 Å². The molecule has 11 heteroatoms. The molecule has 0 amide bonds. The van der Waals surface area contributed by atoms with Crippen LogP contribution in [0.2, 0.25) is 0 Å². The van der Waals surface area contributed by atoms with Crippen molar-refractivity contribution in [2.24, 2.45) is 5.41 Å². The van der Waals surface area contributed by atoms with Gasteiger partial charge in [0.25, 0.3) is 0 Å². The Labute approximate surface area is 222 Å². The predicted octanol–water partition coefficient (Wildman–Crippen LogP) is 10.1. The Morgan fingerprint density at radius 3 is 1.09 bits per heavy atom. The lowest BCUT2D eigenvalue weighted by Gasteiger charge is -2.57. The summed E-state index contributed by atoms with van der Waals surface area (Å²) >= 11 is 41.0. The fourth-order valence-corrected chi connectivity index (χ4v) is 24.2. The minimum absolute atomic E-state index is 0.738. The van der Waals surface area contributed by atoms with E-state index in [-0.39, 0.29) is 0 Å². The van der Waals surface area contributed by atoms with E-state index >= 15 is 0 Å². The summed E-state index contributed by atoms with van der Waals surface area (Å²) in [5, 5.41) is 0. The zero-order valence-electron chi connectivity index (χ0n) is 10.0. The van der Waals surface area contributed by atoms with Crippen LogP contribution >= 0.6 is 175 Å². The SMILES string of the molecule is BrC(Br)(Br)C(C(Br)(Br)Br)(C(Br)(Br)Br)C(Br)(Br)c1ccccc1. The largest absolute Gasteiger partial charge is 0.149 e. The normalized spacial score (nSPS) is 15.0. The van der Waals surface area contributed by atoms with Crippen LogP contribution in [0.25, 0.3) is 0 Å². The van der Waals surface area contributed by atoms with Crippen LogP contribution in [0.4, 0.5) is 0 Å². The van der Waals surface area contributed by atoms with E-state index in [2.05, 4.69) is 175 Å². The van der Waals surface area contributed by atoms with Crippen molar-refractivity contribution >= 4 is 175 Å². The van der Waals surface area contributed by atoms with Gasteiger partial charge in [0.05, 0.1) is 0 Å². The molecule has 1 aromatic carbocycles. The number of alkyl halides is 11. The third kappa shape index (κ3) is 4.56. The molecule has 0 bridgehead atoms. The fourth-order valence-electron chi connectivity index (χ4n) is 1.88. The third-order valence-electron chi connectivity index (χ3n) is 2.88. The maximum Gasteiger partial charge on any atom is 0.149 e. The van der Waals surface area contributed by atoms with E-state index in [0.717, 1.165) is 5.56 Å². The Morgan fingerprint density at radius 2 is 0.818 bits per heavy atom. The first-order valence-electron chi connectivity index (χ1n) is 5.24. The van der Waals surface area contributed by atoms with E-state index in [1.807, 2.05) is 30.3 Å². The zero-order chi connectivity index (χ0) is 17.6. The maximum atomic E-state index is 3.87. The highest BCUT2D eigenvalue weighted by Crippen LogP contribution is 2.80. The quantitative estimate of drug-likeness (QED) is 0.259. The first kappa shape index (κ1) is 24.5. The van der Waals surface area contributed by atoms with Crippen LogP contribution < -0.4 is 0 Å². The molecule has 0 unspecified atom stereocenters. The Bertz CT molecular complexity index is 470. The van der Waals surface area contributed by atoms with Gasteiger partial charge in [-0.3, -0.25) is 0 Å². The number of hydrogen-bond donors (Lipinski definition) is 0. The molecule has 0 aliphatic heterocycles. The van der Waals surface area contributed by atoms with Crippen LogP contribution in [0.15, 0.2) is 30.3 Å². The van der Waals surface area contributed by atoms with Crippen molar-refractivity contribution in [2.75, 3.05) is 0 Å². The summed E-state index contributed by atoms with van der Waals surface area (Å²) < 4.78 is -3.04. The lowest BCUT2D eigenvalue weighted by molar-refractivity contribution is 0.346. The van der Waals surface area contributed by atoms with Crippen molar-refractivity contribution in [3.05, 3.63) is 35.9 Å². The summed E-state index contributed by atoms with van der Waals surface area (Å²) in [7, 11) is 0. The van der Waals surface area contributed by atoms with Crippen molar-refractivity contribution in [3.63, 3.8) is 0 Å². The molecule has 0 saturated carbocycles. The van der Waals surface area contributed by atoms with Gasteiger partial charge in [-0.05, 0) is 5.56 Å². The minimum Gasteiger partial charge on any atom is -0.0664 e. The summed E-state index contributed by atoms with van der Waals surface area (Å²) in [5.74, 6) is 0. The van der Waals surface area contributed by atoms with E-state index in [0.29, 0.717) is 0 Å². The van der Waals surface area contributed by atoms with Gasteiger partial charge in [0.15, 0.2) is 0 Å². The van der Waals surface area contributed by atoms with Crippen LogP contribution in [0.3, 0.4) is 0 Å². The Morgan fingerprint density at radius 1 is 0.500 bits per heavy atom. The molecule has 0 aliphatic rings. The van der Waals surface area contributed by atoms with Gasteiger partial charge in [0, 0.05) is 0 Å². The lowest BCUT2D eigenvalue weighted by atomic mass is 9.87. The smallest absolute Gasteiger partial charge is 0.0664 e. The molecule has 0 spiro atoms. The summed E-state index contributed by atoms with van der Waals surface area (Å²) in [6, 6.07) is 9.97. The molecule has 22 heavy (non-hydrogen) atoms. The van der Waals surface area contributed by atoms with Gasteiger partial charge in [-0.25, -0.2) is 0 Å². The van der Waals surface area contributed by atoms with Crippen LogP contribution in [-0.2, 0) is 3.23 Å². The van der Waals surface area contributed by atoms with Gasteiger partial charge in [0.1, 0.15) is 15.1 Å². The number of benzene rings is 1. The standard InChI is InChI=1S/C11H5Br11/c12-7(13,6-4-2-1-3-5-6)8(9(14,15)16,10(17,18)19)11(20,21)22/h1-5H. The van der Waals surface area contributed by atoms with Gasteiger partial charge in [-0.2, -0.15) is 0 Å². The van der Waals surface area contributed by atoms with Crippen molar-refractivity contribution in [1.82, 2.24) is 0 Å². The first-order valence-corrected chi connectivity index (χ1v) is 14.0. The number of halogens is 11. The average molecular weight is 1020 g/mol. The topological polar surface area (TPSA) is 0 Å². The molecule has 0 fully saturated rings. The van der Waals surface area contributed by atoms with Crippen LogP contribution in [0, 0.1) is 5.41 Å². The van der Waals surface area contributed by atoms with Gasteiger partial charge < -0.3 is 0 Å². The molecule has 0 nitrogen and oxygen atoms in total. The third-order valence-corrected chi connectivity index (χ3v) is 10.3. The van der Waals surface area contributed by atoms with Crippen molar-refractivity contribution in [3.8, 4) is 0 Å². The minimum atomic E-state index is -0.804. The Kier molecular flexibility index (Phi) is 9.45. The van der Waals surface area contributed by atoms with Crippen LogP contribution in [0.5, 0.6) is 0 Å². The molecule has 0 N–H and O–H groups in total. The second-order valence-electron chi connectivity index (χ2n) is 4.18. The van der Waals surface area contributed by atoms with Gasteiger partial charge in [-0.1, -0.05) is 206 Å². The molecule has 1 aromatic rings. The highest BCUT2D eigenvalue weighted by Gasteiger charge is 2.76. The fraction of sp³-hybridized carbons (Fsp3) is 0.455. The van der Waals surface area contributed by atoms with Crippen LogP contribution in [-0.4, -0.2) is 6.43 Å². The molecular weight excluding hydrogens is 1010 g/mol. The summed E-state index contributed by atoms with van der Waals surface area (Å²) in [6.07, 6.45) is 0. The van der Waals surface area contributed by atoms with Gasteiger partial charge in [-0.15, -0.1) is 0 Å². The molecule has 0 heterocycles. The number of hydrogen-bond acceptors (Lipinski definition) is 0. The lowest BCUT2D eigenvalue weighted by Crippen LogP contribution is -2.61. The van der Waals surface area contributed by atoms with Crippen molar-refractivity contribution < 1.29 is 0 Å².